The standard InChI is InChI=1S/C16H13N5/c1-20-10-8-17-16(20)15-18-11-14-13(7-9-21(14)19-15)12-5-3-2-4-6-12/h2-11H,1H3. The summed E-state index contributed by atoms with van der Waals surface area (Å²) in [5, 5.41) is 4.55. The maximum Gasteiger partial charge on any atom is 0.216 e. The number of rotatable bonds is 2. The Morgan fingerprint density at radius 3 is 2.57 bits per heavy atom. The number of benzene rings is 1. The number of hydrogen-bond acceptors (Lipinski definition) is 3. The third kappa shape index (κ3) is 1.90. The summed E-state index contributed by atoms with van der Waals surface area (Å²) in [5.41, 5.74) is 3.27. The van der Waals surface area contributed by atoms with Crippen molar-refractivity contribution in [1.82, 2.24) is 24.1 Å². The van der Waals surface area contributed by atoms with Crippen molar-refractivity contribution < 1.29 is 0 Å². The summed E-state index contributed by atoms with van der Waals surface area (Å²) in [5.74, 6) is 1.37. The topological polar surface area (TPSA) is 48.0 Å². The van der Waals surface area contributed by atoms with E-state index in [2.05, 4.69) is 33.3 Å². The van der Waals surface area contributed by atoms with Gasteiger partial charge in [-0.15, -0.1) is 5.10 Å². The third-order valence-corrected chi connectivity index (χ3v) is 3.52. The van der Waals surface area contributed by atoms with Gasteiger partial charge in [0.15, 0.2) is 5.82 Å². The molecule has 3 aromatic heterocycles. The van der Waals surface area contributed by atoms with Crippen LogP contribution in [0.4, 0.5) is 0 Å². The molecule has 102 valence electrons. The van der Waals surface area contributed by atoms with E-state index in [0.29, 0.717) is 5.82 Å². The van der Waals surface area contributed by atoms with Gasteiger partial charge in [0.2, 0.25) is 5.82 Å². The highest BCUT2D eigenvalue weighted by molar-refractivity contribution is 5.80. The van der Waals surface area contributed by atoms with Crippen LogP contribution < -0.4 is 0 Å². The van der Waals surface area contributed by atoms with Crippen molar-refractivity contribution in [2.75, 3.05) is 0 Å². The van der Waals surface area contributed by atoms with E-state index in [-0.39, 0.29) is 0 Å². The van der Waals surface area contributed by atoms with Crippen molar-refractivity contribution in [2.45, 2.75) is 0 Å². The molecule has 3 heterocycles. The second-order valence-electron chi connectivity index (χ2n) is 4.87. The summed E-state index contributed by atoms with van der Waals surface area (Å²) in [6, 6.07) is 12.3. The van der Waals surface area contributed by atoms with E-state index in [1.807, 2.05) is 52.9 Å². The molecule has 0 atom stereocenters. The molecular formula is C16H13N5. The second-order valence-corrected chi connectivity index (χ2v) is 4.87. The quantitative estimate of drug-likeness (QED) is 0.565. The molecule has 0 aliphatic rings. The molecular weight excluding hydrogens is 262 g/mol. The van der Waals surface area contributed by atoms with Crippen molar-refractivity contribution in [1.29, 1.82) is 0 Å². The average molecular weight is 275 g/mol. The van der Waals surface area contributed by atoms with Crippen molar-refractivity contribution in [3.8, 4) is 22.8 Å². The van der Waals surface area contributed by atoms with E-state index in [1.165, 1.54) is 0 Å². The molecule has 5 heteroatoms. The number of aromatic nitrogens is 5. The SMILES string of the molecule is Cn1ccnc1-c1ncc2c(-c3ccccc3)ccn2n1. The fourth-order valence-corrected chi connectivity index (χ4v) is 2.45. The molecule has 0 fully saturated rings. The molecule has 0 amide bonds. The molecule has 21 heavy (non-hydrogen) atoms. The fraction of sp³-hybridized carbons (Fsp3) is 0.0625. The van der Waals surface area contributed by atoms with E-state index in [9.17, 15) is 0 Å². The average Bonchev–Trinajstić information content (AvgIpc) is 3.13. The number of fused-ring (bicyclic) bond motifs is 1. The lowest BCUT2D eigenvalue weighted by molar-refractivity contribution is 0.860. The Labute approximate surface area is 121 Å². The van der Waals surface area contributed by atoms with Crippen molar-refractivity contribution >= 4 is 5.52 Å². The molecule has 4 rings (SSSR count). The molecule has 1 aromatic carbocycles. The zero-order valence-corrected chi connectivity index (χ0v) is 11.5. The summed E-state index contributed by atoms with van der Waals surface area (Å²) < 4.78 is 3.75. The predicted octanol–water partition coefficient (Wildman–Crippen LogP) is 2.80. The zero-order valence-electron chi connectivity index (χ0n) is 11.5. The van der Waals surface area contributed by atoms with Gasteiger partial charge in [0, 0.05) is 31.2 Å². The normalized spacial score (nSPS) is 11.1. The van der Waals surface area contributed by atoms with Gasteiger partial charge in [-0.3, -0.25) is 0 Å². The van der Waals surface area contributed by atoms with Crippen LogP contribution >= 0.6 is 0 Å². The summed E-state index contributed by atoms with van der Waals surface area (Å²) in [7, 11) is 1.93. The Kier molecular flexibility index (Phi) is 2.57. The molecule has 0 aliphatic carbocycles. The first-order chi connectivity index (χ1) is 10.3. The minimum atomic E-state index is 0.616. The maximum absolute atomic E-state index is 4.55. The lowest BCUT2D eigenvalue weighted by atomic mass is 10.1. The number of hydrogen-bond donors (Lipinski definition) is 0. The fourth-order valence-electron chi connectivity index (χ4n) is 2.45. The number of imidazole rings is 1. The molecule has 0 spiro atoms. The van der Waals surface area contributed by atoms with Crippen molar-refractivity contribution in [3.05, 3.63) is 61.2 Å². The van der Waals surface area contributed by atoms with E-state index in [0.717, 1.165) is 22.5 Å². The largest absolute Gasteiger partial charge is 0.331 e. The van der Waals surface area contributed by atoms with Gasteiger partial charge in [0.05, 0.1) is 11.7 Å². The highest BCUT2D eigenvalue weighted by Gasteiger charge is 2.10. The van der Waals surface area contributed by atoms with E-state index >= 15 is 0 Å². The monoisotopic (exact) mass is 275 g/mol. The highest BCUT2D eigenvalue weighted by Crippen LogP contribution is 2.25. The van der Waals surface area contributed by atoms with Crippen LogP contribution in [0.3, 0.4) is 0 Å². The Balaban J connectivity index is 1.87. The molecule has 0 radical (unpaired) electrons. The van der Waals surface area contributed by atoms with E-state index in [4.69, 9.17) is 0 Å². The first-order valence-electron chi connectivity index (χ1n) is 6.70. The Bertz CT molecular complexity index is 905. The van der Waals surface area contributed by atoms with Crippen LogP contribution in [-0.2, 0) is 7.05 Å². The number of nitrogens with zero attached hydrogens (tertiary/aromatic N) is 5. The second kappa shape index (κ2) is 4.56. The van der Waals surface area contributed by atoms with Gasteiger partial charge in [0.25, 0.3) is 0 Å². The molecule has 0 bridgehead atoms. The Hall–Kier alpha value is -2.95. The van der Waals surface area contributed by atoms with Crippen LogP contribution in [0, 0.1) is 0 Å². The van der Waals surface area contributed by atoms with Crippen molar-refractivity contribution in [2.24, 2.45) is 7.05 Å². The Morgan fingerprint density at radius 2 is 1.81 bits per heavy atom. The zero-order chi connectivity index (χ0) is 14.2. The Morgan fingerprint density at radius 1 is 0.952 bits per heavy atom. The van der Waals surface area contributed by atoms with Gasteiger partial charge in [-0.25, -0.2) is 14.5 Å². The van der Waals surface area contributed by atoms with Gasteiger partial charge in [-0.2, -0.15) is 0 Å². The predicted molar refractivity (Wildman–Crippen MR) is 80.6 cm³/mol. The van der Waals surface area contributed by atoms with Crippen LogP contribution in [0.25, 0.3) is 28.3 Å². The van der Waals surface area contributed by atoms with Gasteiger partial charge in [0.1, 0.15) is 0 Å². The smallest absolute Gasteiger partial charge is 0.216 e. The van der Waals surface area contributed by atoms with Gasteiger partial charge < -0.3 is 4.57 Å². The van der Waals surface area contributed by atoms with Gasteiger partial charge in [-0.1, -0.05) is 30.3 Å². The van der Waals surface area contributed by atoms with Crippen molar-refractivity contribution in [3.63, 3.8) is 0 Å². The molecule has 0 saturated heterocycles. The molecule has 0 unspecified atom stereocenters. The van der Waals surface area contributed by atoms with Gasteiger partial charge in [-0.05, 0) is 11.6 Å². The molecule has 5 nitrogen and oxygen atoms in total. The van der Waals surface area contributed by atoms with Crippen LogP contribution in [0.2, 0.25) is 0 Å². The summed E-state index contributed by atoms with van der Waals surface area (Å²) >= 11 is 0. The maximum atomic E-state index is 4.55. The lowest BCUT2D eigenvalue weighted by Gasteiger charge is -2.03. The highest BCUT2D eigenvalue weighted by atomic mass is 15.3. The minimum Gasteiger partial charge on any atom is -0.331 e. The van der Waals surface area contributed by atoms with Crippen LogP contribution in [0.1, 0.15) is 0 Å². The van der Waals surface area contributed by atoms with Crippen LogP contribution in [0.15, 0.2) is 61.2 Å². The summed E-state index contributed by atoms with van der Waals surface area (Å²) in [6.07, 6.45) is 7.42. The summed E-state index contributed by atoms with van der Waals surface area (Å²) in [4.78, 5) is 8.74. The van der Waals surface area contributed by atoms with Crippen LogP contribution in [-0.4, -0.2) is 24.1 Å². The molecule has 0 N–H and O–H groups in total. The molecule has 4 aromatic rings. The lowest BCUT2D eigenvalue weighted by Crippen LogP contribution is -2.01. The van der Waals surface area contributed by atoms with Crippen LogP contribution in [0.5, 0.6) is 0 Å². The van der Waals surface area contributed by atoms with E-state index in [1.54, 1.807) is 6.20 Å². The molecule has 0 saturated carbocycles. The molecule has 0 aliphatic heterocycles. The first kappa shape index (κ1) is 11.8. The number of aryl methyl sites for hydroxylation is 1. The van der Waals surface area contributed by atoms with Gasteiger partial charge >= 0.3 is 0 Å². The van der Waals surface area contributed by atoms with E-state index < -0.39 is 0 Å². The third-order valence-electron chi connectivity index (χ3n) is 3.52. The minimum absolute atomic E-state index is 0.616. The summed E-state index contributed by atoms with van der Waals surface area (Å²) in [6.45, 7) is 0. The first-order valence-corrected chi connectivity index (χ1v) is 6.70.